The maximum atomic E-state index is 12.7. The van der Waals surface area contributed by atoms with E-state index in [1.807, 2.05) is 25.2 Å². The highest BCUT2D eigenvalue weighted by Crippen LogP contribution is 2.20. The normalized spacial score (nSPS) is 10.8. The van der Waals surface area contributed by atoms with Crippen molar-refractivity contribution in [3.8, 4) is 0 Å². The Bertz CT molecular complexity index is 1080. The number of nitrogens with one attached hydrogen (secondary N) is 3. The van der Waals surface area contributed by atoms with Crippen LogP contribution in [0.15, 0.2) is 47.4 Å². The highest BCUT2D eigenvalue weighted by atomic mass is 32.2. The number of carbonyl (C=O) groups is 3. The summed E-state index contributed by atoms with van der Waals surface area (Å²) in [5, 5.41) is 4.49. The summed E-state index contributed by atoms with van der Waals surface area (Å²) in [6.07, 6.45) is 0.702. The van der Waals surface area contributed by atoms with Gasteiger partial charge in [-0.15, -0.1) is 0 Å². The Labute approximate surface area is 181 Å². The quantitative estimate of drug-likeness (QED) is 0.533. The molecule has 2 rings (SSSR count). The van der Waals surface area contributed by atoms with Crippen molar-refractivity contribution in [2.45, 2.75) is 32.1 Å². The summed E-state index contributed by atoms with van der Waals surface area (Å²) in [4.78, 5) is 35.5. The molecule has 2 aromatic rings. The number of rotatable bonds is 8. The number of urea groups is 1. The Morgan fingerprint density at radius 3 is 2.45 bits per heavy atom. The van der Waals surface area contributed by atoms with Crippen LogP contribution in [0, 0.1) is 13.8 Å². The molecule has 0 fully saturated rings. The Kier molecular flexibility index (Phi) is 8.14. The molecule has 0 saturated carbocycles. The van der Waals surface area contributed by atoms with Gasteiger partial charge in [-0.1, -0.05) is 25.1 Å². The summed E-state index contributed by atoms with van der Waals surface area (Å²) in [5.74, 6) is -1.68. The maximum absolute atomic E-state index is 12.7. The van der Waals surface area contributed by atoms with Crippen LogP contribution in [-0.2, 0) is 19.6 Å². The number of hydrogen-bond acceptors (Lipinski definition) is 6. The lowest BCUT2D eigenvalue weighted by atomic mass is 10.1. The van der Waals surface area contributed by atoms with Crippen molar-refractivity contribution in [1.29, 1.82) is 0 Å². The Hall–Kier alpha value is -3.40. The topological polar surface area (TPSA) is 131 Å². The van der Waals surface area contributed by atoms with E-state index in [9.17, 15) is 22.8 Å². The van der Waals surface area contributed by atoms with Crippen molar-refractivity contribution < 1.29 is 27.5 Å². The van der Waals surface area contributed by atoms with E-state index in [2.05, 4.69) is 10.0 Å². The molecule has 0 unspecified atom stereocenters. The van der Waals surface area contributed by atoms with Crippen LogP contribution in [-0.4, -0.2) is 39.5 Å². The zero-order valence-electron chi connectivity index (χ0n) is 17.5. The van der Waals surface area contributed by atoms with Gasteiger partial charge in [0.2, 0.25) is 0 Å². The van der Waals surface area contributed by atoms with Crippen molar-refractivity contribution in [3.05, 3.63) is 59.2 Å². The first-order chi connectivity index (χ1) is 14.6. The minimum absolute atomic E-state index is 0.00430. The van der Waals surface area contributed by atoms with Gasteiger partial charge in [-0.25, -0.2) is 18.0 Å². The second kappa shape index (κ2) is 10.6. The third-order valence-corrected chi connectivity index (χ3v) is 5.51. The minimum Gasteiger partial charge on any atom is -0.452 e. The molecule has 0 aromatic heterocycles. The fourth-order valence-electron chi connectivity index (χ4n) is 2.57. The molecule has 0 aliphatic carbocycles. The number of ether oxygens (including phenoxy) is 1. The second-order valence-electron chi connectivity index (χ2n) is 6.83. The van der Waals surface area contributed by atoms with Crippen LogP contribution >= 0.6 is 0 Å². The van der Waals surface area contributed by atoms with Crippen molar-refractivity contribution in [3.63, 3.8) is 0 Å². The van der Waals surface area contributed by atoms with Crippen molar-refractivity contribution in [2.75, 3.05) is 17.9 Å². The average molecular weight is 448 g/mol. The smallest absolute Gasteiger partial charge is 0.338 e. The number of esters is 1. The minimum atomic E-state index is -3.95. The number of benzene rings is 2. The molecule has 0 heterocycles. The van der Waals surface area contributed by atoms with E-state index in [1.165, 1.54) is 18.2 Å². The molecule has 3 amide bonds. The molecular formula is C21H25N3O6S. The van der Waals surface area contributed by atoms with Crippen molar-refractivity contribution in [2.24, 2.45) is 0 Å². The van der Waals surface area contributed by atoms with E-state index in [4.69, 9.17) is 4.74 Å². The lowest BCUT2D eigenvalue weighted by Crippen LogP contribution is -2.41. The van der Waals surface area contributed by atoms with Gasteiger partial charge in [0.25, 0.3) is 15.9 Å². The lowest BCUT2D eigenvalue weighted by molar-refractivity contribution is -0.123. The first-order valence-electron chi connectivity index (χ1n) is 9.57. The van der Waals surface area contributed by atoms with Gasteiger partial charge < -0.3 is 10.1 Å². The molecule has 0 radical (unpaired) electrons. The average Bonchev–Trinajstić information content (AvgIpc) is 2.70. The summed E-state index contributed by atoms with van der Waals surface area (Å²) < 4.78 is 32.8. The van der Waals surface area contributed by atoms with Crippen LogP contribution < -0.4 is 15.4 Å². The summed E-state index contributed by atoms with van der Waals surface area (Å²) in [5.41, 5.74) is 1.74. The predicted molar refractivity (Wildman–Crippen MR) is 115 cm³/mol. The van der Waals surface area contributed by atoms with Crippen LogP contribution in [0.25, 0.3) is 0 Å². The molecule has 31 heavy (non-hydrogen) atoms. The molecule has 2 aromatic carbocycles. The summed E-state index contributed by atoms with van der Waals surface area (Å²) in [6, 6.07) is 10.2. The molecule has 0 aliphatic rings. The summed E-state index contributed by atoms with van der Waals surface area (Å²) in [7, 11) is -3.95. The van der Waals surface area contributed by atoms with Gasteiger partial charge in [-0.3, -0.25) is 14.8 Å². The Morgan fingerprint density at radius 2 is 1.77 bits per heavy atom. The van der Waals surface area contributed by atoms with E-state index < -0.39 is 34.5 Å². The van der Waals surface area contributed by atoms with Crippen LogP contribution in [0.2, 0.25) is 0 Å². The number of amides is 3. The first-order valence-corrected chi connectivity index (χ1v) is 11.1. The fraction of sp³-hybridized carbons (Fsp3) is 0.286. The number of hydrogen-bond donors (Lipinski definition) is 3. The largest absolute Gasteiger partial charge is 0.452 e. The zero-order chi connectivity index (χ0) is 23.0. The van der Waals surface area contributed by atoms with E-state index >= 15 is 0 Å². The van der Waals surface area contributed by atoms with Crippen molar-refractivity contribution in [1.82, 2.24) is 10.6 Å². The summed E-state index contributed by atoms with van der Waals surface area (Å²) in [6.45, 7) is 5.02. The zero-order valence-corrected chi connectivity index (χ0v) is 18.3. The highest BCUT2D eigenvalue weighted by molar-refractivity contribution is 7.92. The molecule has 0 aliphatic heterocycles. The lowest BCUT2D eigenvalue weighted by Gasteiger charge is -2.12. The van der Waals surface area contributed by atoms with Crippen LogP contribution in [0.4, 0.5) is 10.5 Å². The third kappa shape index (κ3) is 7.10. The van der Waals surface area contributed by atoms with Gasteiger partial charge in [0.1, 0.15) is 0 Å². The van der Waals surface area contributed by atoms with Gasteiger partial charge in [0.15, 0.2) is 6.61 Å². The number of anilines is 1. The van der Waals surface area contributed by atoms with E-state index in [0.717, 1.165) is 5.56 Å². The van der Waals surface area contributed by atoms with Gasteiger partial charge in [-0.05, 0) is 55.7 Å². The second-order valence-corrected chi connectivity index (χ2v) is 8.51. The molecular weight excluding hydrogens is 422 g/mol. The molecule has 0 atom stereocenters. The van der Waals surface area contributed by atoms with Gasteiger partial charge in [-0.2, -0.15) is 0 Å². The fourth-order valence-corrected chi connectivity index (χ4v) is 3.64. The third-order valence-electron chi connectivity index (χ3n) is 4.13. The Balaban J connectivity index is 2.08. The number of aryl methyl sites for hydroxylation is 2. The van der Waals surface area contributed by atoms with Crippen molar-refractivity contribution >= 4 is 33.6 Å². The molecule has 166 valence electrons. The number of sulfonamides is 1. The highest BCUT2D eigenvalue weighted by Gasteiger charge is 2.20. The van der Waals surface area contributed by atoms with Gasteiger partial charge in [0.05, 0.1) is 10.5 Å². The number of imide groups is 1. The maximum Gasteiger partial charge on any atom is 0.338 e. The van der Waals surface area contributed by atoms with Gasteiger partial charge >= 0.3 is 12.0 Å². The summed E-state index contributed by atoms with van der Waals surface area (Å²) >= 11 is 0. The first kappa shape index (κ1) is 23.9. The molecule has 0 bridgehead atoms. The predicted octanol–water partition coefficient (Wildman–Crippen LogP) is 2.50. The van der Waals surface area contributed by atoms with E-state index in [-0.39, 0.29) is 10.5 Å². The monoisotopic (exact) mass is 447 g/mol. The van der Waals surface area contributed by atoms with Crippen LogP contribution in [0.3, 0.4) is 0 Å². The molecule has 10 heteroatoms. The van der Waals surface area contributed by atoms with E-state index in [0.29, 0.717) is 24.2 Å². The number of carbonyl (C=O) groups excluding carboxylic acids is 3. The van der Waals surface area contributed by atoms with Crippen LogP contribution in [0.1, 0.15) is 34.8 Å². The van der Waals surface area contributed by atoms with Gasteiger partial charge in [0, 0.05) is 12.2 Å². The molecule has 9 nitrogen and oxygen atoms in total. The van der Waals surface area contributed by atoms with Crippen LogP contribution in [0.5, 0.6) is 0 Å². The molecule has 3 N–H and O–H groups in total. The SMILES string of the molecule is CCCNC(=O)NC(=O)COC(=O)c1cc(S(=O)(=O)Nc2cccc(C)c2)ccc1C. The standard InChI is InChI=1S/C21H25N3O6S/c1-4-10-22-21(27)23-19(25)13-30-20(26)18-12-17(9-8-15(18)3)31(28,29)24-16-7-5-6-14(2)11-16/h5-9,11-12,24H,4,10,13H2,1-3H3,(H2,22,23,25,27). The van der Waals surface area contributed by atoms with E-state index in [1.54, 1.807) is 25.1 Å². The molecule has 0 saturated heterocycles. The molecule has 0 spiro atoms. The Morgan fingerprint density at radius 1 is 1.03 bits per heavy atom.